The van der Waals surface area contributed by atoms with E-state index in [4.69, 9.17) is 0 Å². The molecule has 10 nitrogen and oxygen atoms in total. The lowest BCUT2D eigenvalue weighted by atomic mass is 10.0. The van der Waals surface area contributed by atoms with Gasteiger partial charge in [-0.25, -0.2) is 4.79 Å². The number of hydrogen-bond acceptors (Lipinski definition) is 7. The Hall–Kier alpha value is -1.56. The quantitative estimate of drug-likeness (QED) is 0.207. The zero-order valence-electron chi connectivity index (χ0n) is 19.6. The summed E-state index contributed by atoms with van der Waals surface area (Å²) in [5.74, 6) is 0.873. The van der Waals surface area contributed by atoms with E-state index in [1.54, 1.807) is 0 Å². The van der Waals surface area contributed by atoms with Gasteiger partial charge in [-0.15, -0.1) is 0 Å². The molecule has 3 atom stereocenters. The minimum Gasteiger partial charge on any atom is -0.347 e. The molecule has 0 aromatic carbocycles. The van der Waals surface area contributed by atoms with Crippen molar-refractivity contribution in [1.82, 2.24) is 36.8 Å². The molecule has 33 heavy (non-hydrogen) atoms. The Labute approximate surface area is 201 Å². The number of urea groups is 1. The molecule has 0 bridgehead atoms. The van der Waals surface area contributed by atoms with Gasteiger partial charge in [-0.1, -0.05) is 6.42 Å². The lowest BCUT2D eigenvalue weighted by molar-refractivity contribution is -0.133. The highest BCUT2D eigenvalue weighted by Crippen LogP contribution is 2.33. The topological polar surface area (TPSA) is 127 Å². The van der Waals surface area contributed by atoms with Crippen LogP contribution >= 0.6 is 11.8 Å². The summed E-state index contributed by atoms with van der Waals surface area (Å²) in [5, 5.41) is 19.4. The van der Waals surface area contributed by atoms with Crippen molar-refractivity contribution in [2.24, 2.45) is 0 Å². The maximum absolute atomic E-state index is 12.7. The summed E-state index contributed by atoms with van der Waals surface area (Å²) < 4.78 is 0. The van der Waals surface area contributed by atoms with Crippen LogP contribution in [0.5, 0.6) is 0 Å². The molecular formula is C22H41N7O3S. The highest BCUT2D eigenvalue weighted by atomic mass is 32.2. The first-order valence-corrected chi connectivity index (χ1v) is 13.5. The molecule has 3 heterocycles. The smallest absolute Gasteiger partial charge is 0.315 e. The van der Waals surface area contributed by atoms with Gasteiger partial charge in [0.25, 0.3) is 0 Å². The normalized spacial score (nSPS) is 27.2. The maximum Gasteiger partial charge on any atom is 0.315 e. The zero-order valence-corrected chi connectivity index (χ0v) is 20.4. The van der Waals surface area contributed by atoms with Crippen LogP contribution in [-0.2, 0) is 9.59 Å². The molecule has 0 aromatic heterocycles. The summed E-state index contributed by atoms with van der Waals surface area (Å²) in [4.78, 5) is 38.3. The molecule has 4 amide bonds. The third-order valence-electron chi connectivity index (χ3n) is 6.40. The van der Waals surface area contributed by atoms with Gasteiger partial charge < -0.3 is 36.8 Å². The number of nitrogens with one attached hydrogen (secondary N) is 6. The first kappa shape index (κ1) is 26.1. The standard InChI is InChI=1S/C22H41N7O3S/c30-19(6-2-1-5-18-21-17(16-33-18)27-22(32)28-21)26-15-20(31)29-13-4-9-24-11-10-23-7-3-8-25-12-14-29/h17-18,21,23-25H,1-16H2,(H,26,30)(H2,27,28,32)/t17-,18-,21-/m0/s1. The number of nitrogens with zero attached hydrogens (tertiary/aromatic N) is 1. The van der Waals surface area contributed by atoms with E-state index in [0.717, 1.165) is 77.1 Å². The van der Waals surface area contributed by atoms with Crippen molar-refractivity contribution < 1.29 is 14.4 Å². The fourth-order valence-electron chi connectivity index (χ4n) is 4.51. The molecule has 0 spiro atoms. The van der Waals surface area contributed by atoms with Gasteiger partial charge in [0.05, 0.1) is 18.6 Å². The number of thioether (sulfide) groups is 1. The van der Waals surface area contributed by atoms with E-state index in [-0.39, 0.29) is 36.5 Å². The molecule has 6 N–H and O–H groups in total. The second-order valence-electron chi connectivity index (χ2n) is 8.98. The monoisotopic (exact) mass is 483 g/mol. The van der Waals surface area contributed by atoms with E-state index < -0.39 is 0 Å². The summed E-state index contributed by atoms with van der Waals surface area (Å²) in [7, 11) is 0. The second kappa shape index (κ2) is 14.6. The zero-order chi connectivity index (χ0) is 23.3. The molecule has 188 valence electrons. The van der Waals surface area contributed by atoms with Gasteiger partial charge >= 0.3 is 6.03 Å². The lowest BCUT2D eigenvalue weighted by Gasteiger charge is -2.24. The van der Waals surface area contributed by atoms with E-state index >= 15 is 0 Å². The lowest BCUT2D eigenvalue weighted by Crippen LogP contribution is -2.44. The van der Waals surface area contributed by atoms with E-state index in [1.807, 2.05) is 16.7 Å². The molecule has 0 aromatic rings. The van der Waals surface area contributed by atoms with Crippen molar-refractivity contribution in [3.63, 3.8) is 0 Å². The Balaban J connectivity index is 1.29. The Morgan fingerprint density at radius 3 is 2.52 bits per heavy atom. The third kappa shape index (κ3) is 9.30. The summed E-state index contributed by atoms with van der Waals surface area (Å²) in [6.07, 6.45) is 5.13. The average molecular weight is 484 g/mol. The predicted molar refractivity (Wildman–Crippen MR) is 131 cm³/mol. The van der Waals surface area contributed by atoms with Crippen LogP contribution in [0.25, 0.3) is 0 Å². The maximum atomic E-state index is 12.7. The predicted octanol–water partition coefficient (Wildman–Crippen LogP) is -0.780. The van der Waals surface area contributed by atoms with Crippen LogP contribution in [0.1, 0.15) is 38.5 Å². The fourth-order valence-corrected chi connectivity index (χ4v) is 6.05. The Morgan fingerprint density at radius 1 is 0.939 bits per heavy atom. The van der Waals surface area contributed by atoms with E-state index in [1.165, 1.54) is 0 Å². The van der Waals surface area contributed by atoms with Crippen LogP contribution in [0.3, 0.4) is 0 Å². The molecule has 0 unspecified atom stereocenters. The molecule has 0 radical (unpaired) electrons. The van der Waals surface area contributed by atoms with Gasteiger partial charge in [-0.2, -0.15) is 11.8 Å². The Bertz CT molecular complexity index is 625. The van der Waals surface area contributed by atoms with Crippen molar-refractivity contribution in [3.8, 4) is 0 Å². The van der Waals surface area contributed by atoms with Gasteiger partial charge in [-0.05, 0) is 45.3 Å². The Kier molecular flexibility index (Phi) is 11.6. The number of hydrogen-bond donors (Lipinski definition) is 6. The van der Waals surface area contributed by atoms with Crippen molar-refractivity contribution in [1.29, 1.82) is 0 Å². The highest BCUT2D eigenvalue weighted by Gasteiger charge is 2.42. The van der Waals surface area contributed by atoms with Crippen molar-refractivity contribution in [2.45, 2.75) is 55.9 Å². The molecule has 3 saturated heterocycles. The van der Waals surface area contributed by atoms with E-state index in [9.17, 15) is 14.4 Å². The van der Waals surface area contributed by atoms with Crippen LogP contribution in [0, 0.1) is 0 Å². The van der Waals surface area contributed by atoms with Gasteiger partial charge in [0.15, 0.2) is 0 Å². The SMILES string of the molecule is O=C(CCCC[C@@H]1SC[C@@H]2NC(=O)N[C@@H]21)NCC(=O)N1CCCNCCNCCCNCC1. The number of amides is 4. The number of carbonyl (C=O) groups excluding carboxylic acids is 3. The third-order valence-corrected chi connectivity index (χ3v) is 7.90. The molecule has 3 aliphatic heterocycles. The largest absolute Gasteiger partial charge is 0.347 e. The van der Waals surface area contributed by atoms with Crippen molar-refractivity contribution >= 4 is 29.6 Å². The highest BCUT2D eigenvalue weighted by molar-refractivity contribution is 8.00. The molecule has 3 rings (SSSR count). The van der Waals surface area contributed by atoms with E-state index in [0.29, 0.717) is 24.8 Å². The number of fused-ring (bicyclic) bond motifs is 1. The number of rotatable bonds is 7. The minimum absolute atomic E-state index is 0.0169. The second-order valence-corrected chi connectivity index (χ2v) is 10.3. The summed E-state index contributed by atoms with van der Waals surface area (Å²) in [5.41, 5.74) is 0. The summed E-state index contributed by atoms with van der Waals surface area (Å²) >= 11 is 1.90. The van der Waals surface area contributed by atoms with Gasteiger partial charge in [-0.3, -0.25) is 9.59 Å². The van der Waals surface area contributed by atoms with Gasteiger partial charge in [0, 0.05) is 50.1 Å². The van der Waals surface area contributed by atoms with Crippen LogP contribution in [-0.4, -0.2) is 105 Å². The van der Waals surface area contributed by atoms with E-state index in [2.05, 4.69) is 31.9 Å². The Morgan fingerprint density at radius 2 is 1.70 bits per heavy atom. The first-order valence-electron chi connectivity index (χ1n) is 12.5. The molecule has 0 saturated carbocycles. The molecule has 3 fully saturated rings. The van der Waals surface area contributed by atoms with Gasteiger partial charge in [0.1, 0.15) is 0 Å². The number of unbranched alkanes of at least 4 members (excludes halogenated alkanes) is 1. The number of carbonyl (C=O) groups is 3. The van der Waals surface area contributed by atoms with Crippen molar-refractivity contribution in [3.05, 3.63) is 0 Å². The first-order chi connectivity index (χ1) is 16.1. The van der Waals surface area contributed by atoms with Crippen LogP contribution in [0.2, 0.25) is 0 Å². The van der Waals surface area contributed by atoms with Gasteiger partial charge in [0.2, 0.25) is 11.8 Å². The molecular weight excluding hydrogens is 442 g/mol. The summed E-state index contributed by atoms with van der Waals surface area (Å²) in [6.45, 7) is 6.90. The molecule has 3 aliphatic rings. The minimum atomic E-state index is -0.0643. The van der Waals surface area contributed by atoms with Crippen LogP contribution in [0.15, 0.2) is 0 Å². The molecule has 11 heteroatoms. The van der Waals surface area contributed by atoms with Crippen molar-refractivity contribution in [2.75, 3.05) is 64.7 Å². The summed E-state index contributed by atoms with van der Waals surface area (Å²) in [6, 6.07) is 0.389. The van der Waals surface area contributed by atoms with Crippen LogP contribution < -0.4 is 31.9 Å². The average Bonchev–Trinajstić information content (AvgIpc) is 3.35. The molecule has 0 aliphatic carbocycles. The van der Waals surface area contributed by atoms with Crippen LogP contribution in [0.4, 0.5) is 4.79 Å². The fraction of sp³-hybridized carbons (Fsp3) is 0.864.